The molecular formula is C28H31FN4O8. The summed E-state index contributed by atoms with van der Waals surface area (Å²) in [5, 5.41) is 23.1. The van der Waals surface area contributed by atoms with Crippen molar-refractivity contribution in [3.8, 4) is 0 Å². The Morgan fingerprint density at radius 3 is 2.44 bits per heavy atom. The molecule has 0 bridgehead atoms. The second-order valence-corrected chi connectivity index (χ2v) is 11.3. The van der Waals surface area contributed by atoms with Gasteiger partial charge in [-0.1, -0.05) is 6.92 Å². The Morgan fingerprint density at radius 1 is 1.15 bits per heavy atom. The molecule has 1 aromatic rings. The number of halogens is 1. The molecule has 6 rings (SSSR count). The van der Waals surface area contributed by atoms with Crippen molar-refractivity contribution in [2.24, 2.45) is 11.8 Å². The number of amides is 1. The van der Waals surface area contributed by atoms with Gasteiger partial charge in [0.15, 0.2) is 6.04 Å². The maximum atomic E-state index is 15.1. The van der Waals surface area contributed by atoms with Gasteiger partial charge in [-0.25, -0.2) is 14.0 Å². The number of aliphatic carboxylic acids is 1. The predicted molar refractivity (Wildman–Crippen MR) is 141 cm³/mol. The summed E-state index contributed by atoms with van der Waals surface area (Å²) in [6, 6.07) is 0.172. The Bertz CT molecular complexity index is 1400. The number of ketones is 2. The number of rotatable bonds is 7. The zero-order chi connectivity index (χ0) is 29.3. The molecule has 0 spiro atoms. The fraction of sp³-hybridized carbons (Fsp3) is 0.536. The topological polar surface area (TPSA) is 157 Å². The summed E-state index contributed by atoms with van der Waals surface area (Å²) in [5.41, 5.74) is 0.355. The summed E-state index contributed by atoms with van der Waals surface area (Å²) < 4.78 is 20.7. The van der Waals surface area contributed by atoms with E-state index >= 15 is 4.39 Å². The van der Waals surface area contributed by atoms with E-state index in [1.807, 2.05) is 4.90 Å². The Balaban J connectivity index is 1.29. The molecule has 4 heterocycles. The normalized spacial score (nSPS) is 28.4. The summed E-state index contributed by atoms with van der Waals surface area (Å²) in [6.45, 7) is 5.05. The summed E-state index contributed by atoms with van der Waals surface area (Å²) in [4.78, 5) is 69.1. The highest BCUT2D eigenvalue weighted by atomic mass is 19.1. The Hall–Kier alpha value is -3.84. The molecular weight excluding hydrogens is 539 g/mol. The number of piperazine rings is 1. The molecule has 4 aliphatic heterocycles. The van der Waals surface area contributed by atoms with Crippen molar-refractivity contribution in [1.29, 1.82) is 0 Å². The van der Waals surface area contributed by atoms with Crippen molar-refractivity contribution in [3.63, 3.8) is 0 Å². The number of carbonyl (C=O) groups excluding carboxylic acids is 4. The van der Waals surface area contributed by atoms with E-state index in [1.165, 1.54) is 17.9 Å². The van der Waals surface area contributed by atoms with Crippen LogP contribution in [0.5, 0.6) is 0 Å². The van der Waals surface area contributed by atoms with E-state index in [2.05, 4.69) is 5.32 Å². The summed E-state index contributed by atoms with van der Waals surface area (Å²) >= 11 is 0. The first kappa shape index (κ1) is 27.3. The van der Waals surface area contributed by atoms with E-state index in [0.717, 1.165) is 11.0 Å². The average Bonchev–Trinajstić information content (AvgIpc) is 3.74. The van der Waals surface area contributed by atoms with Crippen LogP contribution in [-0.4, -0.2) is 102 Å². The fourth-order valence-corrected chi connectivity index (χ4v) is 6.66. The van der Waals surface area contributed by atoms with Crippen molar-refractivity contribution < 1.29 is 43.3 Å². The fourth-order valence-electron chi connectivity index (χ4n) is 6.66. The van der Waals surface area contributed by atoms with Gasteiger partial charge in [0.1, 0.15) is 18.1 Å². The molecule has 5 atom stereocenters. The Kier molecular flexibility index (Phi) is 6.61. The quantitative estimate of drug-likeness (QED) is 0.177. The van der Waals surface area contributed by atoms with Crippen molar-refractivity contribution in [3.05, 3.63) is 34.8 Å². The molecule has 218 valence electrons. The highest BCUT2D eigenvalue weighted by Crippen LogP contribution is 2.47. The molecule has 13 heteroatoms. The Labute approximate surface area is 234 Å². The molecule has 0 radical (unpaired) electrons. The molecule has 3 fully saturated rings. The largest absolute Gasteiger partial charge is 0.477 e. The van der Waals surface area contributed by atoms with Crippen LogP contribution in [0.25, 0.3) is 0 Å². The van der Waals surface area contributed by atoms with Crippen LogP contribution in [0, 0.1) is 17.7 Å². The molecule has 41 heavy (non-hydrogen) atoms. The minimum atomic E-state index is -1.60. The minimum absolute atomic E-state index is 0.102. The molecule has 1 saturated carbocycles. The van der Waals surface area contributed by atoms with E-state index < -0.39 is 71.9 Å². The van der Waals surface area contributed by atoms with Crippen molar-refractivity contribution in [2.45, 2.75) is 50.9 Å². The molecule has 1 amide bonds. The van der Waals surface area contributed by atoms with E-state index in [-0.39, 0.29) is 28.6 Å². The van der Waals surface area contributed by atoms with Crippen LogP contribution >= 0.6 is 0 Å². The standard InChI is InChI=1S/C28H31FN4O8/c1-12-16(22(27(38)39)33-21(12)20(13(2)34)26(33)37)11-41-28(40)23-25(36)24(35)15-9-17(29)19(31-7-5-30-6-8-31)10-18(15)32(23)14-3-4-14/h9-10,12-14,20-21,23,30,34H,3-8,11H2,1-2H3,(H,38,39)/t12-,13?,20+,21+,23?/m0/s1. The third kappa shape index (κ3) is 4.21. The number of nitrogens with zero attached hydrogens (tertiary/aromatic N) is 3. The Morgan fingerprint density at radius 2 is 1.83 bits per heavy atom. The number of carboxylic acids is 1. The SMILES string of the molecule is CC(O)[C@H]1C(=O)N2C(C(=O)O)=C(COC(=O)C3C(=O)C(=O)c4cc(F)c(N5CCNCC5)cc4N3C3CC3)[C@H](C)[C@H]12. The monoisotopic (exact) mass is 570 g/mol. The molecule has 1 aromatic carbocycles. The maximum absolute atomic E-state index is 15.1. The van der Waals surface area contributed by atoms with E-state index in [9.17, 15) is 34.2 Å². The van der Waals surface area contributed by atoms with Gasteiger partial charge in [-0.3, -0.25) is 14.4 Å². The van der Waals surface area contributed by atoms with Crippen LogP contribution < -0.4 is 15.1 Å². The number of fused-ring (bicyclic) bond motifs is 2. The number of aliphatic hydroxyl groups is 1. The molecule has 0 aromatic heterocycles. The van der Waals surface area contributed by atoms with Crippen molar-refractivity contribution >= 4 is 40.8 Å². The number of benzene rings is 1. The van der Waals surface area contributed by atoms with Crippen LogP contribution in [0.2, 0.25) is 0 Å². The zero-order valence-corrected chi connectivity index (χ0v) is 22.6. The summed E-state index contributed by atoms with van der Waals surface area (Å²) in [5.74, 6) is -6.87. The number of carbonyl (C=O) groups is 5. The first-order chi connectivity index (χ1) is 19.5. The van der Waals surface area contributed by atoms with E-state index in [4.69, 9.17) is 4.74 Å². The number of Topliss-reactive ketones (excluding diaryl/α,β-unsaturated/α-hetero) is 2. The van der Waals surface area contributed by atoms with Crippen LogP contribution in [0.15, 0.2) is 23.4 Å². The lowest BCUT2D eigenvalue weighted by Gasteiger charge is -2.46. The van der Waals surface area contributed by atoms with Gasteiger partial charge < -0.3 is 35.0 Å². The number of esters is 1. The average molecular weight is 571 g/mol. The van der Waals surface area contributed by atoms with E-state index in [0.29, 0.717) is 44.7 Å². The van der Waals surface area contributed by atoms with Gasteiger partial charge in [0, 0.05) is 43.7 Å². The number of β-lactam (4-membered cyclic amide) rings is 1. The van der Waals surface area contributed by atoms with Crippen molar-refractivity contribution in [2.75, 3.05) is 42.6 Å². The summed E-state index contributed by atoms with van der Waals surface area (Å²) in [7, 11) is 0. The predicted octanol–water partition coefficient (Wildman–Crippen LogP) is 0.0775. The molecule has 2 saturated heterocycles. The summed E-state index contributed by atoms with van der Waals surface area (Å²) in [6.07, 6.45) is 0.336. The first-order valence-corrected chi connectivity index (χ1v) is 13.8. The van der Waals surface area contributed by atoms with Gasteiger partial charge in [-0.05, 0) is 31.9 Å². The van der Waals surface area contributed by atoms with E-state index in [1.54, 1.807) is 6.92 Å². The lowest BCUT2D eigenvalue weighted by atomic mass is 9.78. The van der Waals surface area contributed by atoms with Crippen LogP contribution in [0.4, 0.5) is 15.8 Å². The minimum Gasteiger partial charge on any atom is -0.477 e. The van der Waals surface area contributed by atoms with Crippen LogP contribution in [0.1, 0.15) is 37.0 Å². The van der Waals surface area contributed by atoms with Gasteiger partial charge in [0.05, 0.1) is 35.0 Å². The number of carboxylic acid groups (broad SMARTS) is 1. The highest BCUT2D eigenvalue weighted by molar-refractivity contribution is 6.51. The van der Waals surface area contributed by atoms with Gasteiger partial charge in [-0.15, -0.1) is 0 Å². The first-order valence-electron chi connectivity index (χ1n) is 13.8. The number of nitrogens with one attached hydrogen (secondary N) is 1. The second kappa shape index (κ2) is 9.91. The number of hydrogen-bond donors (Lipinski definition) is 3. The van der Waals surface area contributed by atoms with Gasteiger partial charge in [0.2, 0.25) is 17.5 Å². The van der Waals surface area contributed by atoms with Crippen LogP contribution in [-0.2, 0) is 23.9 Å². The highest BCUT2D eigenvalue weighted by Gasteiger charge is 2.60. The number of ether oxygens (including phenoxy) is 1. The molecule has 5 aliphatic rings. The third-order valence-electron chi connectivity index (χ3n) is 8.85. The van der Waals surface area contributed by atoms with Gasteiger partial charge >= 0.3 is 11.9 Å². The molecule has 3 N–H and O–H groups in total. The number of anilines is 2. The van der Waals surface area contributed by atoms with Crippen LogP contribution in [0.3, 0.4) is 0 Å². The second-order valence-electron chi connectivity index (χ2n) is 11.3. The molecule has 12 nitrogen and oxygen atoms in total. The lowest BCUT2D eigenvalue weighted by molar-refractivity contribution is -0.163. The number of hydrogen-bond acceptors (Lipinski definition) is 10. The van der Waals surface area contributed by atoms with Gasteiger partial charge in [-0.2, -0.15) is 0 Å². The smallest absolute Gasteiger partial charge is 0.352 e. The van der Waals surface area contributed by atoms with Gasteiger partial charge in [0.25, 0.3) is 0 Å². The zero-order valence-electron chi connectivity index (χ0n) is 22.6. The molecule has 2 unspecified atom stereocenters. The molecule has 1 aliphatic carbocycles. The van der Waals surface area contributed by atoms with Crippen molar-refractivity contribution in [1.82, 2.24) is 10.2 Å². The maximum Gasteiger partial charge on any atom is 0.352 e. The lowest BCUT2D eigenvalue weighted by Crippen LogP contribution is -2.63. The number of aliphatic hydroxyl groups excluding tert-OH is 1. The third-order valence-corrected chi connectivity index (χ3v) is 8.85.